The topological polar surface area (TPSA) is 100 Å². The molecule has 1 unspecified atom stereocenters. The van der Waals surface area contributed by atoms with Crippen LogP contribution in [0.1, 0.15) is 11.3 Å². The predicted molar refractivity (Wildman–Crippen MR) is 110 cm³/mol. The summed E-state index contributed by atoms with van der Waals surface area (Å²) in [5, 5.41) is 8.74. The lowest BCUT2D eigenvalue weighted by atomic mass is 10.1. The second-order valence-electron chi connectivity index (χ2n) is 6.95. The van der Waals surface area contributed by atoms with Crippen molar-refractivity contribution in [3.8, 4) is 0 Å². The highest BCUT2D eigenvalue weighted by Gasteiger charge is 2.30. The molecule has 0 aliphatic carbocycles. The van der Waals surface area contributed by atoms with Gasteiger partial charge in [-0.15, -0.1) is 0 Å². The van der Waals surface area contributed by atoms with Gasteiger partial charge < -0.3 is 4.90 Å². The van der Waals surface area contributed by atoms with E-state index in [0.717, 1.165) is 11.0 Å². The molecule has 1 atom stereocenters. The third kappa shape index (κ3) is 4.12. The van der Waals surface area contributed by atoms with E-state index in [0.29, 0.717) is 16.5 Å². The van der Waals surface area contributed by atoms with Gasteiger partial charge in [0.2, 0.25) is 5.91 Å². The van der Waals surface area contributed by atoms with Crippen molar-refractivity contribution in [1.29, 1.82) is 0 Å². The fraction of sp³-hybridized carbons (Fsp3) is 0.190. The first kappa shape index (κ1) is 19.1. The second kappa shape index (κ2) is 7.63. The van der Waals surface area contributed by atoms with Gasteiger partial charge in [0, 0.05) is 17.3 Å². The summed E-state index contributed by atoms with van der Waals surface area (Å²) >= 11 is 0. The van der Waals surface area contributed by atoms with Gasteiger partial charge in [-0.3, -0.25) is 9.59 Å². The summed E-state index contributed by atoms with van der Waals surface area (Å²) in [6.07, 6.45) is 1.50. The molecule has 148 valence electrons. The maximum absolute atomic E-state index is 13.2. The van der Waals surface area contributed by atoms with Crippen LogP contribution in [-0.4, -0.2) is 41.2 Å². The molecule has 0 radical (unpaired) electrons. The number of carbonyl (C=O) groups excluding carboxylic acids is 1. The number of H-pyrrole nitrogens is 1. The first-order chi connectivity index (χ1) is 13.9. The molecule has 1 aliphatic rings. The van der Waals surface area contributed by atoms with Crippen LogP contribution in [0.25, 0.3) is 10.8 Å². The van der Waals surface area contributed by atoms with Crippen molar-refractivity contribution in [2.24, 2.45) is 0 Å². The van der Waals surface area contributed by atoms with E-state index in [9.17, 15) is 18.0 Å². The molecule has 4 rings (SSSR count). The molecule has 1 amide bonds. The number of benzene rings is 2. The minimum Gasteiger partial charge on any atom is -0.331 e. The van der Waals surface area contributed by atoms with Gasteiger partial charge >= 0.3 is 0 Å². The van der Waals surface area contributed by atoms with Crippen LogP contribution in [0, 0.1) is 0 Å². The number of aromatic nitrogens is 2. The van der Waals surface area contributed by atoms with E-state index in [1.807, 2.05) is 30.3 Å². The van der Waals surface area contributed by atoms with Gasteiger partial charge in [0.15, 0.2) is 9.84 Å². The number of fused-ring (bicyclic) bond motifs is 1. The van der Waals surface area contributed by atoms with Crippen LogP contribution in [0.15, 0.2) is 70.9 Å². The van der Waals surface area contributed by atoms with E-state index in [-0.39, 0.29) is 30.2 Å². The van der Waals surface area contributed by atoms with Crippen LogP contribution >= 0.6 is 0 Å². The summed E-state index contributed by atoms with van der Waals surface area (Å²) in [4.78, 5) is 26.7. The Morgan fingerprint density at radius 3 is 2.45 bits per heavy atom. The quantitative estimate of drug-likeness (QED) is 0.693. The lowest BCUT2D eigenvalue weighted by molar-refractivity contribution is -0.132. The number of carbonyl (C=O) groups is 1. The average Bonchev–Trinajstić information content (AvgIpc) is 3.08. The zero-order valence-corrected chi connectivity index (χ0v) is 16.3. The Kier molecular flexibility index (Phi) is 5.02. The molecular weight excluding hydrogens is 390 g/mol. The Hall–Kier alpha value is -3.26. The Labute approximate surface area is 167 Å². The van der Waals surface area contributed by atoms with Crippen molar-refractivity contribution in [1.82, 2.24) is 15.1 Å². The van der Waals surface area contributed by atoms with Crippen LogP contribution in [-0.2, 0) is 27.6 Å². The number of nitrogens with one attached hydrogen (secondary N) is 1. The molecule has 0 bridgehead atoms. The smallest absolute Gasteiger partial charge is 0.272 e. The van der Waals surface area contributed by atoms with Crippen molar-refractivity contribution >= 4 is 26.5 Å². The molecular formula is C21H19N3O4S. The van der Waals surface area contributed by atoms with Gasteiger partial charge in [0.25, 0.3) is 5.56 Å². The Morgan fingerprint density at radius 1 is 1.07 bits per heavy atom. The fourth-order valence-electron chi connectivity index (χ4n) is 3.47. The molecule has 2 aromatic carbocycles. The number of hydrogen-bond donors (Lipinski definition) is 1. The summed E-state index contributed by atoms with van der Waals surface area (Å²) in [5.41, 5.74) is 1.04. The summed E-state index contributed by atoms with van der Waals surface area (Å²) in [6, 6.07) is 15.8. The molecule has 1 aromatic heterocycles. The van der Waals surface area contributed by atoms with Gasteiger partial charge in [-0.05, 0) is 17.7 Å². The van der Waals surface area contributed by atoms with Crippen molar-refractivity contribution in [2.75, 3.05) is 5.75 Å². The number of hydrogen-bond acceptors (Lipinski definition) is 5. The zero-order chi connectivity index (χ0) is 20.4. The number of rotatable bonds is 5. The van der Waals surface area contributed by atoms with Crippen molar-refractivity contribution in [3.63, 3.8) is 0 Å². The number of amides is 1. The van der Waals surface area contributed by atoms with Gasteiger partial charge in [-0.25, -0.2) is 13.5 Å². The normalized spacial score (nSPS) is 17.4. The predicted octanol–water partition coefficient (Wildman–Crippen LogP) is 1.81. The fourth-order valence-corrected chi connectivity index (χ4v) is 4.77. The van der Waals surface area contributed by atoms with E-state index in [1.54, 1.807) is 35.2 Å². The second-order valence-corrected chi connectivity index (χ2v) is 8.89. The SMILES string of the molecule is O=C(Cc1n[nH]c(=O)c2ccccc12)N(Cc1ccccc1)C1C=CS(=O)(=O)C1. The van der Waals surface area contributed by atoms with Crippen molar-refractivity contribution in [3.05, 3.63) is 87.7 Å². The standard InChI is InChI=1S/C21H19N3O4S/c25-20(12-19-17-8-4-5-9-18(17)21(26)23-22-19)24(13-15-6-2-1-3-7-15)16-10-11-29(27,28)14-16/h1-11,16H,12-14H2,(H,23,26). The molecule has 0 saturated carbocycles. The van der Waals surface area contributed by atoms with Crippen molar-refractivity contribution in [2.45, 2.75) is 19.0 Å². The minimum atomic E-state index is -3.32. The molecule has 7 nitrogen and oxygen atoms in total. The summed E-state index contributed by atoms with van der Waals surface area (Å²) in [7, 11) is -3.32. The Balaban J connectivity index is 1.66. The molecule has 1 aliphatic heterocycles. The van der Waals surface area contributed by atoms with E-state index in [1.165, 1.54) is 0 Å². The van der Waals surface area contributed by atoms with Crippen LogP contribution in [0.5, 0.6) is 0 Å². The number of aromatic amines is 1. The Bertz CT molecular complexity index is 1250. The van der Waals surface area contributed by atoms with E-state index in [4.69, 9.17) is 0 Å². The molecule has 3 aromatic rings. The maximum atomic E-state index is 13.2. The van der Waals surface area contributed by atoms with Gasteiger partial charge in [0.1, 0.15) is 0 Å². The third-order valence-corrected chi connectivity index (χ3v) is 6.30. The molecule has 8 heteroatoms. The minimum absolute atomic E-state index is 0.0471. The lowest BCUT2D eigenvalue weighted by Crippen LogP contribution is -2.41. The van der Waals surface area contributed by atoms with E-state index in [2.05, 4.69) is 10.2 Å². The highest BCUT2D eigenvalue weighted by Crippen LogP contribution is 2.20. The lowest BCUT2D eigenvalue weighted by Gasteiger charge is -2.28. The summed E-state index contributed by atoms with van der Waals surface area (Å²) in [6.45, 7) is 0.283. The van der Waals surface area contributed by atoms with Gasteiger partial charge in [-0.1, -0.05) is 48.5 Å². The number of sulfone groups is 1. The molecule has 2 heterocycles. The monoisotopic (exact) mass is 409 g/mol. The summed E-state index contributed by atoms with van der Waals surface area (Å²) in [5.74, 6) is -0.393. The van der Waals surface area contributed by atoms with Crippen LogP contribution in [0.2, 0.25) is 0 Å². The van der Waals surface area contributed by atoms with Crippen LogP contribution in [0.4, 0.5) is 0 Å². The van der Waals surface area contributed by atoms with E-state index >= 15 is 0 Å². The molecule has 0 spiro atoms. The first-order valence-electron chi connectivity index (χ1n) is 9.13. The Morgan fingerprint density at radius 2 is 1.76 bits per heavy atom. The average molecular weight is 409 g/mol. The van der Waals surface area contributed by atoms with Gasteiger partial charge in [-0.2, -0.15) is 5.10 Å². The van der Waals surface area contributed by atoms with Crippen molar-refractivity contribution < 1.29 is 13.2 Å². The first-order valence-corrected chi connectivity index (χ1v) is 10.9. The highest BCUT2D eigenvalue weighted by atomic mass is 32.2. The largest absolute Gasteiger partial charge is 0.331 e. The zero-order valence-electron chi connectivity index (χ0n) is 15.5. The van der Waals surface area contributed by atoms with E-state index < -0.39 is 15.9 Å². The maximum Gasteiger partial charge on any atom is 0.272 e. The van der Waals surface area contributed by atoms with Crippen LogP contribution < -0.4 is 5.56 Å². The molecule has 1 N–H and O–H groups in total. The molecule has 29 heavy (non-hydrogen) atoms. The third-order valence-electron chi connectivity index (χ3n) is 4.92. The summed E-state index contributed by atoms with van der Waals surface area (Å²) < 4.78 is 23.8. The molecule has 0 saturated heterocycles. The van der Waals surface area contributed by atoms with Gasteiger partial charge in [0.05, 0.1) is 29.3 Å². The highest BCUT2D eigenvalue weighted by molar-refractivity contribution is 7.94. The molecule has 0 fully saturated rings. The van der Waals surface area contributed by atoms with Crippen LogP contribution in [0.3, 0.4) is 0 Å². The number of nitrogens with zero attached hydrogens (tertiary/aromatic N) is 2.